The Bertz CT molecular complexity index is 1230. The molecule has 0 fully saturated rings. The number of carbonyl (C=O) groups excluding carboxylic acids is 1. The van der Waals surface area contributed by atoms with Crippen molar-refractivity contribution in [3.63, 3.8) is 0 Å². The van der Waals surface area contributed by atoms with Crippen molar-refractivity contribution in [2.75, 3.05) is 17.8 Å². The molecule has 1 amide bonds. The largest absolute Gasteiger partial charge is 0.481 e. The molecule has 8 heteroatoms. The molecule has 3 aromatic rings. The van der Waals surface area contributed by atoms with Crippen LogP contribution in [0.4, 0.5) is 5.69 Å². The number of aromatic amines is 1. The highest BCUT2D eigenvalue weighted by atomic mass is 32.2. The van der Waals surface area contributed by atoms with Crippen molar-refractivity contribution in [2.24, 2.45) is 0 Å². The van der Waals surface area contributed by atoms with E-state index in [4.69, 9.17) is 11.2 Å². The van der Waals surface area contributed by atoms with Crippen LogP contribution in [-0.4, -0.2) is 28.9 Å². The summed E-state index contributed by atoms with van der Waals surface area (Å²) in [6.07, 6.45) is 6.79. The topological polar surface area (TPSA) is 79.2 Å². The maximum absolute atomic E-state index is 13.1. The van der Waals surface area contributed by atoms with Crippen molar-refractivity contribution >= 4 is 23.4 Å². The molecular formula is C23H21N4O3S+. The predicted octanol–water partition coefficient (Wildman–Crippen LogP) is 2.76. The molecule has 31 heavy (non-hydrogen) atoms. The summed E-state index contributed by atoms with van der Waals surface area (Å²) in [5.74, 6) is 2.99. The van der Waals surface area contributed by atoms with Gasteiger partial charge in [0.05, 0.1) is 11.3 Å². The van der Waals surface area contributed by atoms with Gasteiger partial charge in [-0.25, -0.2) is 4.90 Å². The monoisotopic (exact) mass is 433 g/mol. The minimum Gasteiger partial charge on any atom is -0.481 e. The predicted molar refractivity (Wildman–Crippen MR) is 119 cm³/mol. The lowest BCUT2D eigenvalue weighted by molar-refractivity contribution is -0.763. The van der Waals surface area contributed by atoms with Crippen LogP contribution < -0.4 is 19.9 Å². The molecule has 1 atom stereocenters. The highest BCUT2D eigenvalue weighted by molar-refractivity contribution is 7.98. The smallest absolute Gasteiger partial charge is 0.325 e. The first kappa shape index (κ1) is 20.7. The van der Waals surface area contributed by atoms with E-state index in [0.717, 1.165) is 5.56 Å². The zero-order valence-electron chi connectivity index (χ0n) is 17.2. The van der Waals surface area contributed by atoms with Gasteiger partial charge in [0.1, 0.15) is 12.4 Å². The molecule has 0 unspecified atom stereocenters. The summed E-state index contributed by atoms with van der Waals surface area (Å²) in [7, 11) is 0. The fourth-order valence-electron chi connectivity index (χ4n) is 3.67. The maximum atomic E-state index is 13.1. The number of para-hydroxylation sites is 1. The number of anilines is 1. The summed E-state index contributed by atoms with van der Waals surface area (Å²) in [6.45, 7) is 1.99. The van der Waals surface area contributed by atoms with Crippen molar-refractivity contribution in [3.05, 3.63) is 64.4 Å². The van der Waals surface area contributed by atoms with Crippen LogP contribution in [-0.2, 0) is 4.79 Å². The number of rotatable bonds is 5. The van der Waals surface area contributed by atoms with Gasteiger partial charge in [-0.15, -0.1) is 6.42 Å². The van der Waals surface area contributed by atoms with E-state index in [1.807, 2.05) is 49.6 Å². The third kappa shape index (κ3) is 3.68. The number of benzene rings is 2. The number of amides is 1. The standard InChI is InChI=1S/C23H20N4O3S/c1-4-14-30-16-12-10-15(11-13-16)22-26(19(28)5-2)18-9-7-6-8-17(18)20-21(29)24-23(31-3)25-27(20)22/h1,6-13,22H,5,14H2,2-3H3/p+1/t22-/m1/s1. The second-order valence-corrected chi connectivity index (χ2v) is 7.62. The molecular weight excluding hydrogens is 412 g/mol. The van der Waals surface area contributed by atoms with Crippen molar-refractivity contribution in [1.82, 2.24) is 10.1 Å². The molecule has 1 aliphatic heterocycles. The van der Waals surface area contributed by atoms with Gasteiger partial charge in [-0.2, -0.15) is 0 Å². The molecule has 0 radical (unpaired) electrons. The van der Waals surface area contributed by atoms with Gasteiger partial charge in [-0.1, -0.05) is 36.7 Å². The number of carbonyl (C=O) groups is 1. The quantitative estimate of drug-likeness (QED) is 0.380. The Balaban J connectivity index is 1.96. The van der Waals surface area contributed by atoms with E-state index in [1.54, 1.807) is 21.7 Å². The lowest BCUT2D eigenvalue weighted by atomic mass is 10.0. The summed E-state index contributed by atoms with van der Waals surface area (Å²) in [4.78, 5) is 30.7. The van der Waals surface area contributed by atoms with Gasteiger partial charge < -0.3 is 4.74 Å². The Morgan fingerprint density at radius 1 is 1.29 bits per heavy atom. The average Bonchev–Trinajstić information content (AvgIpc) is 2.81. The number of aromatic nitrogens is 3. The SMILES string of the molecule is C#CCOc1ccc([C@@H]2N(C(=O)CC)c3ccccc3-c3c(=O)[nH]c(SC)n[n+]32)cc1. The molecule has 0 aliphatic carbocycles. The molecule has 1 aromatic heterocycles. The van der Waals surface area contributed by atoms with Crippen LogP contribution in [0.3, 0.4) is 0 Å². The van der Waals surface area contributed by atoms with Crippen LogP contribution in [0.2, 0.25) is 0 Å². The van der Waals surface area contributed by atoms with E-state index in [-0.39, 0.29) is 18.1 Å². The first-order valence-corrected chi connectivity index (χ1v) is 11.0. The van der Waals surface area contributed by atoms with Crippen molar-refractivity contribution < 1.29 is 14.2 Å². The molecule has 0 spiro atoms. The third-order valence-corrected chi connectivity index (χ3v) is 5.59. The van der Waals surface area contributed by atoms with E-state index in [1.165, 1.54) is 11.8 Å². The van der Waals surface area contributed by atoms with Crippen LogP contribution in [0.25, 0.3) is 11.3 Å². The number of H-pyrrole nitrogens is 1. The minimum atomic E-state index is -0.618. The summed E-state index contributed by atoms with van der Waals surface area (Å²) in [6, 6.07) is 14.7. The number of nitrogens with one attached hydrogen (secondary N) is 1. The number of ether oxygens (including phenoxy) is 1. The van der Waals surface area contributed by atoms with Crippen LogP contribution in [0, 0.1) is 12.3 Å². The maximum Gasteiger partial charge on any atom is 0.325 e. The third-order valence-electron chi connectivity index (χ3n) is 5.02. The van der Waals surface area contributed by atoms with Crippen molar-refractivity contribution in [1.29, 1.82) is 0 Å². The summed E-state index contributed by atoms with van der Waals surface area (Å²) in [5, 5.41) is 5.13. The molecule has 7 nitrogen and oxygen atoms in total. The van der Waals surface area contributed by atoms with Gasteiger partial charge >= 0.3 is 11.3 Å². The second-order valence-electron chi connectivity index (χ2n) is 6.83. The van der Waals surface area contributed by atoms with Gasteiger partial charge in [0.25, 0.3) is 6.17 Å². The zero-order chi connectivity index (χ0) is 22.0. The van der Waals surface area contributed by atoms with Gasteiger partial charge in [0.2, 0.25) is 11.1 Å². The number of fused-ring (bicyclic) bond motifs is 3. The Kier molecular flexibility index (Phi) is 5.78. The number of hydrogen-bond donors (Lipinski definition) is 1. The first-order chi connectivity index (χ1) is 15.1. The van der Waals surface area contributed by atoms with Gasteiger partial charge in [0.15, 0.2) is 0 Å². The minimum absolute atomic E-state index is 0.0731. The molecule has 0 bridgehead atoms. The second kappa shape index (κ2) is 8.66. The van der Waals surface area contributed by atoms with E-state index in [0.29, 0.717) is 34.3 Å². The van der Waals surface area contributed by atoms with Crippen LogP contribution in [0.5, 0.6) is 5.75 Å². The first-order valence-electron chi connectivity index (χ1n) is 9.76. The fourth-order valence-corrected chi connectivity index (χ4v) is 4.03. The molecule has 2 aromatic carbocycles. The molecule has 0 saturated heterocycles. The number of thioether (sulfide) groups is 1. The van der Waals surface area contributed by atoms with Crippen molar-refractivity contribution in [2.45, 2.75) is 24.7 Å². The highest BCUT2D eigenvalue weighted by Gasteiger charge is 2.45. The van der Waals surface area contributed by atoms with Crippen LogP contribution in [0.15, 0.2) is 58.5 Å². The lowest BCUT2D eigenvalue weighted by Gasteiger charge is -2.32. The van der Waals surface area contributed by atoms with E-state index in [2.05, 4.69) is 16.0 Å². The lowest BCUT2D eigenvalue weighted by Crippen LogP contribution is -2.60. The molecule has 4 rings (SSSR count). The van der Waals surface area contributed by atoms with Crippen molar-refractivity contribution in [3.8, 4) is 29.4 Å². The molecule has 1 N–H and O–H groups in total. The Morgan fingerprint density at radius 2 is 2.03 bits per heavy atom. The zero-order valence-corrected chi connectivity index (χ0v) is 18.0. The summed E-state index contributed by atoms with van der Waals surface area (Å²) in [5.41, 5.74) is 2.29. The number of terminal acetylenes is 1. The highest BCUT2D eigenvalue weighted by Crippen LogP contribution is 2.37. The fraction of sp³-hybridized carbons (Fsp3) is 0.217. The molecule has 0 saturated carbocycles. The van der Waals surface area contributed by atoms with Gasteiger partial charge in [-0.3, -0.25) is 14.6 Å². The number of nitrogens with zero attached hydrogens (tertiary/aromatic N) is 3. The summed E-state index contributed by atoms with van der Waals surface area (Å²) < 4.78 is 7.11. The Morgan fingerprint density at radius 3 is 2.71 bits per heavy atom. The van der Waals surface area contributed by atoms with E-state index >= 15 is 0 Å². The van der Waals surface area contributed by atoms with E-state index in [9.17, 15) is 9.59 Å². The van der Waals surface area contributed by atoms with Crippen LogP contribution >= 0.6 is 11.8 Å². The normalized spacial score (nSPS) is 14.4. The molecule has 1 aliphatic rings. The molecule has 2 heterocycles. The molecule has 156 valence electrons. The summed E-state index contributed by atoms with van der Waals surface area (Å²) >= 11 is 1.33. The number of hydrogen-bond acceptors (Lipinski definition) is 5. The van der Waals surface area contributed by atoms with Gasteiger partial charge in [0, 0.05) is 17.1 Å². The average molecular weight is 434 g/mol. The van der Waals surface area contributed by atoms with Gasteiger partial charge in [-0.05, 0) is 47.3 Å². The Hall–Kier alpha value is -3.57. The van der Waals surface area contributed by atoms with Crippen LogP contribution in [0.1, 0.15) is 25.1 Å². The Labute approximate surface area is 184 Å². The van der Waals surface area contributed by atoms with E-state index < -0.39 is 6.17 Å².